The fraction of sp³-hybridized carbons (Fsp3) is 0.571. The molecule has 4 nitrogen and oxygen atoms in total. The molecule has 25 heavy (non-hydrogen) atoms. The van der Waals surface area contributed by atoms with E-state index < -0.39 is 0 Å². The van der Waals surface area contributed by atoms with E-state index in [9.17, 15) is 0 Å². The van der Waals surface area contributed by atoms with Crippen molar-refractivity contribution in [2.45, 2.75) is 38.8 Å². The largest absolute Gasteiger partial charge is 0.353 e. The number of aromatic nitrogens is 2. The first-order chi connectivity index (χ1) is 12.2. The van der Waals surface area contributed by atoms with Crippen molar-refractivity contribution in [2.75, 3.05) is 26.2 Å². The van der Waals surface area contributed by atoms with Crippen LogP contribution in [0.4, 0.5) is 0 Å². The summed E-state index contributed by atoms with van der Waals surface area (Å²) >= 11 is 0. The Balaban J connectivity index is 1.26. The summed E-state index contributed by atoms with van der Waals surface area (Å²) < 4.78 is 2.25. The van der Waals surface area contributed by atoms with Gasteiger partial charge in [-0.15, -0.1) is 0 Å². The first-order valence-electron chi connectivity index (χ1n) is 9.67. The number of hydrogen-bond donors (Lipinski definition) is 0. The molecule has 0 aliphatic carbocycles. The van der Waals surface area contributed by atoms with Gasteiger partial charge in [0.2, 0.25) is 0 Å². The lowest BCUT2D eigenvalue weighted by Crippen LogP contribution is -2.46. The maximum absolute atomic E-state index is 4.48. The van der Waals surface area contributed by atoms with Gasteiger partial charge in [-0.2, -0.15) is 0 Å². The monoisotopic (exact) mass is 338 g/mol. The zero-order valence-corrected chi connectivity index (χ0v) is 15.4. The van der Waals surface area contributed by atoms with Crippen molar-refractivity contribution in [1.82, 2.24) is 19.4 Å². The average molecular weight is 338 g/mol. The Hall–Kier alpha value is -1.65. The summed E-state index contributed by atoms with van der Waals surface area (Å²) in [5.74, 6) is 0. The summed E-state index contributed by atoms with van der Waals surface area (Å²) in [6.07, 6.45) is 9.51. The van der Waals surface area contributed by atoms with Gasteiger partial charge >= 0.3 is 0 Å². The Kier molecular flexibility index (Phi) is 4.91. The van der Waals surface area contributed by atoms with Crippen LogP contribution in [-0.4, -0.2) is 45.5 Å². The second-order valence-electron chi connectivity index (χ2n) is 7.98. The molecule has 4 rings (SSSR count). The lowest BCUT2D eigenvalue weighted by atomic mass is 9.71. The predicted octanol–water partition coefficient (Wildman–Crippen LogP) is 3.30. The van der Waals surface area contributed by atoms with Gasteiger partial charge in [0, 0.05) is 38.2 Å². The number of nitrogens with zero attached hydrogens (tertiary/aromatic N) is 4. The maximum atomic E-state index is 4.48. The molecule has 2 aromatic heterocycles. The van der Waals surface area contributed by atoms with E-state index in [0.717, 1.165) is 13.1 Å². The molecule has 0 unspecified atom stereocenters. The van der Waals surface area contributed by atoms with Crippen LogP contribution in [0.3, 0.4) is 0 Å². The van der Waals surface area contributed by atoms with Crippen LogP contribution >= 0.6 is 0 Å². The third-order valence-electron chi connectivity index (χ3n) is 6.38. The Bertz CT molecular complexity index is 660. The van der Waals surface area contributed by atoms with Gasteiger partial charge in [-0.25, -0.2) is 0 Å². The highest BCUT2D eigenvalue weighted by atomic mass is 15.2. The molecule has 0 radical (unpaired) electrons. The molecule has 134 valence electrons. The maximum Gasteiger partial charge on any atom is 0.0543 e. The Labute approximate surface area is 151 Å². The van der Waals surface area contributed by atoms with Gasteiger partial charge in [0.15, 0.2) is 0 Å². The van der Waals surface area contributed by atoms with Gasteiger partial charge in [-0.3, -0.25) is 14.8 Å². The standard InChI is InChI=1S/C21H30N4/c1-23-12-4-6-20(23)18-25-15-9-21(10-16-25)7-13-24(14-8-21)17-19-5-2-3-11-22-19/h2-6,11-12H,7-10,13-18H2,1H3. The molecule has 0 atom stereocenters. The van der Waals surface area contributed by atoms with Crippen molar-refractivity contribution in [1.29, 1.82) is 0 Å². The van der Waals surface area contributed by atoms with Crippen molar-refractivity contribution >= 4 is 0 Å². The molecular weight excluding hydrogens is 308 g/mol. The summed E-state index contributed by atoms with van der Waals surface area (Å²) in [7, 11) is 2.15. The lowest BCUT2D eigenvalue weighted by Gasteiger charge is -2.47. The third kappa shape index (κ3) is 3.96. The van der Waals surface area contributed by atoms with E-state index in [1.54, 1.807) is 0 Å². The number of hydrogen-bond acceptors (Lipinski definition) is 3. The summed E-state index contributed by atoms with van der Waals surface area (Å²) in [6.45, 7) is 7.08. The van der Waals surface area contributed by atoms with Gasteiger partial charge in [0.05, 0.1) is 5.69 Å². The smallest absolute Gasteiger partial charge is 0.0543 e. The topological polar surface area (TPSA) is 24.3 Å². The van der Waals surface area contributed by atoms with Crippen LogP contribution in [0.5, 0.6) is 0 Å². The van der Waals surface area contributed by atoms with E-state index in [0.29, 0.717) is 5.41 Å². The van der Waals surface area contributed by atoms with Crippen molar-refractivity contribution in [2.24, 2.45) is 12.5 Å². The van der Waals surface area contributed by atoms with Crippen LogP contribution in [0.2, 0.25) is 0 Å². The zero-order chi connectivity index (χ0) is 17.1. The van der Waals surface area contributed by atoms with E-state index in [1.807, 2.05) is 12.3 Å². The molecule has 0 aromatic carbocycles. The molecule has 0 bridgehead atoms. The molecular formula is C21H30N4. The number of aryl methyl sites for hydroxylation is 1. The third-order valence-corrected chi connectivity index (χ3v) is 6.38. The summed E-state index contributed by atoms with van der Waals surface area (Å²) in [5, 5.41) is 0. The van der Waals surface area contributed by atoms with Crippen molar-refractivity contribution in [3.05, 3.63) is 54.1 Å². The first kappa shape index (κ1) is 16.8. The number of likely N-dealkylation sites (tertiary alicyclic amines) is 2. The van der Waals surface area contributed by atoms with Gasteiger partial charge in [0.25, 0.3) is 0 Å². The molecule has 2 saturated heterocycles. The second kappa shape index (κ2) is 7.30. The molecule has 0 amide bonds. The molecule has 4 heterocycles. The summed E-state index contributed by atoms with van der Waals surface area (Å²) in [4.78, 5) is 9.71. The van der Waals surface area contributed by atoms with Crippen LogP contribution in [0.25, 0.3) is 0 Å². The highest BCUT2D eigenvalue weighted by molar-refractivity contribution is 5.07. The zero-order valence-electron chi connectivity index (χ0n) is 15.4. The summed E-state index contributed by atoms with van der Waals surface area (Å²) in [6, 6.07) is 10.6. The number of pyridine rings is 1. The highest BCUT2D eigenvalue weighted by Crippen LogP contribution is 2.41. The Morgan fingerprint density at radius 2 is 1.56 bits per heavy atom. The van der Waals surface area contributed by atoms with Crippen LogP contribution < -0.4 is 0 Å². The Morgan fingerprint density at radius 3 is 2.12 bits per heavy atom. The molecule has 2 fully saturated rings. The van der Waals surface area contributed by atoms with Crippen LogP contribution in [0.1, 0.15) is 37.1 Å². The van der Waals surface area contributed by atoms with Crippen LogP contribution in [0.15, 0.2) is 42.7 Å². The quantitative estimate of drug-likeness (QED) is 0.855. The molecule has 2 aliphatic rings. The number of piperidine rings is 2. The number of rotatable bonds is 4. The second-order valence-corrected chi connectivity index (χ2v) is 7.98. The molecule has 0 N–H and O–H groups in total. The molecule has 2 aromatic rings. The van der Waals surface area contributed by atoms with E-state index >= 15 is 0 Å². The Morgan fingerprint density at radius 1 is 0.880 bits per heavy atom. The molecule has 2 aliphatic heterocycles. The molecule has 0 saturated carbocycles. The predicted molar refractivity (Wildman–Crippen MR) is 101 cm³/mol. The van der Waals surface area contributed by atoms with Crippen molar-refractivity contribution < 1.29 is 0 Å². The van der Waals surface area contributed by atoms with E-state index in [1.165, 1.54) is 63.3 Å². The highest BCUT2D eigenvalue weighted by Gasteiger charge is 2.37. The van der Waals surface area contributed by atoms with Crippen LogP contribution in [-0.2, 0) is 20.1 Å². The molecule has 1 spiro atoms. The summed E-state index contributed by atoms with van der Waals surface area (Å²) in [5.41, 5.74) is 3.24. The van der Waals surface area contributed by atoms with E-state index in [4.69, 9.17) is 0 Å². The molecule has 4 heteroatoms. The van der Waals surface area contributed by atoms with Gasteiger partial charge < -0.3 is 4.57 Å². The first-order valence-corrected chi connectivity index (χ1v) is 9.67. The van der Waals surface area contributed by atoms with E-state index in [-0.39, 0.29) is 0 Å². The van der Waals surface area contributed by atoms with E-state index in [2.05, 4.69) is 56.9 Å². The van der Waals surface area contributed by atoms with Crippen molar-refractivity contribution in [3.63, 3.8) is 0 Å². The fourth-order valence-corrected chi connectivity index (χ4v) is 4.48. The van der Waals surface area contributed by atoms with Gasteiger partial charge in [-0.1, -0.05) is 6.07 Å². The van der Waals surface area contributed by atoms with Gasteiger partial charge in [-0.05, 0) is 81.5 Å². The average Bonchev–Trinajstić information content (AvgIpc) is 3.05. The lowest BCUT2D eigenvalue weighted by molar-refractivity contribution is 0.0290. The normalized spacial score (nSPS) is 21.6. The van der Waals surface area contributed by atoms with Crippen molar-refractivity contribution in [3.8, 4) is 0 Å². The minimum atomic E-state index is 0.603. The minimum Gasteiger partial charge on any atom is -0.353 e. The van der Waals surface area contributed by atoms with Crippen LogP contribution in [0, 0.1) is 5.41 Å². The minimum absolute atomic E-state index is 0.603. The fourth-order valence-electron chi connectivity index (χ4n) is 4.48. The van der Waals surface area contributed by atoms with Gasteiger partial charge in [0.1, 0.15) is 0 Å². The SMILES string of the molecule is Cn1cccc1CN1CCC2(CCN(Cc3ccccn3)CC2)CC1.